The first-order valence-corrected chi connectivity index (χ1v) is 8.18. The number of carbonyl (C=O) groups is 1. The summed E-state index contributed by atoms with van der Waals surface area (Å²) in [5.41, 5.74) is 0.763. The summed E-state index contributed by atoms with van der Waals surface area (Å²) in [4.78, 5) is 18.3. The first-order chi connectivity index (χ1) is 10.6. The molecule has 0 N–H and O–H groups in total. The number of likely N-dealkylation sites (tertiary alicyclic amines) is 1. The highest BCUT2D eigenvalue weighted by molar-refractivity contribution is 8.00. The summed E-state index contributed by atoms with van der Waals surface area (Å²) in [6, 6.07) is 6.04. The van der Waals surface area contributed by atoms with E-state index >= 15 is 0 Å². The number of oxazole rings is 1. The standard InChI is InChI=1S/C16H17FN2O2S/c1-11(15(20)19-8-2-3-9-19)22-16-18-10-14(21-16)12-4-6-13(17)7-5-12/h4-7,10-11H,2-3,8-9H2,1H3. The average Bonchev–Trinajstić information content (AvgIpc) is 3.18. The van der Waals surface area contributed by atoms with Gasteiger partial charge in [0.25, 0.3) is 5.22 Å². The van der Waals surface area contributed by atoms with Gasteiger partial charge in [0.1, 0.15) is 5.82 Å². The minimum absolute atomic E-state index is 0.129. The number of amides is 1. The van der Waals surface area contributed by atoms with Crippen molar-refractivity contribution in [2.75, 3.05) is 13.1 Å². The molecule has 1 unspecified atom stereocenters. The molecule has 116 valence electrons. The largest absolute Gasteiger partial charge is 0.431 e. The summed E-state index contributed by atoms with van der Waals surface area (Å²) in [5.74, 6) is 0.412. The fourth-order valence-electron chi connectivity index (χ4n) is 2.46. The van der Waals surface area contributed by atoms with Crippen LogP contribution in [0.3, 0.4) is 0 Å². The van der Waals surface area contributed by atoms with Gasteiger partial charge in [0.15, 0.2) is 5.76 Å². The monoisotopic (exact) mass is 320 g/mol. The summed E-state index contributed by atoms with van der Waals surface area (Å²) < 4.78 is 18.6. The molecule has 1 atom stereocenters. The second-order valence-electron chi connectivity index (χ2n) is 5.29. The molecule has 1 aliphatic heterocycles. The summed E-state index contributed by atoms with van der Waals surface area (Å²) >= 11 is 1.31. The Kier molecular flexibility index (Phi) is 4.47. The van der Waals surface area contributed by atoms with Gasteiger partial charge in [0, 0.05) is 18.7 Å². The number of thioether (sulfide) groups is 1. The normalized spacial score (nSPS) is 16.0. The lowest BCUT2D eigenvalue weighted by atomic mass is 10.2. The number of nitrogens with zero attached hydrogens (tertiary/aromatic N) is 2. The minimum Gasteiger partial charge on any atom is -0.431 e. The molecule has 1 aromatic carbocycles. The van der Waals surface area contributed by atoms with Crippen molar-refractivity contribution in [3.63, 3.8) is 0 Å². The molecule has 22 heavy (non-hydrogen) atoms. The van der Waals surface area contributed by atoms with Crippen LogP contribution >= 0.6 is 11.8 Å². The number of hydrogen-bond donors (Lipinski definition) is 0. The van der Waals surface area contributed by atoms with E-state index in [0.29, 0.717) is 11.0 Å². The lowest BCUT2D eigenvalue weighted by molar-refractivity contribution is -0.129. The van der Waals surface area contributed by atoms with Crippen LogP contribution in [-0.4, -0.2) is 34.1 Å². The van der Waals surface area contributed by atoms with E-state index in [1.807, 2.05) is 11.8 Å². The van der Waals surface area contributed by atoms with Gasteiger partial charge in [-0.1, -0.05) is 11.8 Å². The van der Waals surface area contributed by atoms with Gasteiger partial charge >= 0.3 is 0 Å². The van der Waals surface area contributed by atoms with Crippen molar-refractivity contribution in [2.24, 2.45) is 0 Å². The zero-order valence-electron chi connectivity index (χ0n) is 12.3. The van der Waals surface area contributed by atoms with Gasteiger partial charge in [-0.05, 0) is 44.0 Å². The van der Waals surface area contributed by atoms with E-state index in [-0.39, 0.29) is 17.0 Å². The molecular weight excluding hydrogens is 303 g/mol. The molecule has 2 aromatic rings. The van der Waals surface area contributed by atoms with Crippen LogP contribution in [0.2, 0.25) is 0 Å². The van der Waals surface area contributed by atoms with Crippen LogP contribution in [0.1, 0.15) is 19.8 Å². The molecule has 1 fully saturated rings. The molecule has 1 aliphatic rings. The first-order valence-electron chi connectivity index (χ1n) is 7.31. The number of aromatic nitrogens is 1. The van der Waals surface area contributed by atoms with Crippen molar-refractivity contribution in [3.8, 4) is 11.3 Å². The van der Waals surface area contributed by atoms with Crippen molar-refractivity contribution in [3.05, 3.63) is 36.3 Å². The molecule has 2 heterocycles. The average molecular weight is 320 g/mol. The van der Waals surface area contributed by atoms with Crippen molar-refractivity contribution in [1.29, 1.82) is 0 Å². The van der Waals surface area contributed by atoms with Crippen molar-refractivity contribution < 1.29 is 13.6 Å². The number of hydrogen-bond acceptors (Lipinski definition) is 4. The Morgan fingerprint density at radius 3 is 2.68 bits per heavy atom. The fraction of sp³-hybridized carbons (Fsp3) is 0.375. The maximum Gasteiger partial charge on any atom is 0.256 e. The van der Waals surface area contributed by atoms with Crippen molar-refractivity contribution >= 4 is 17.7 Å². The smallest absolute Gasteiger partial charge is 0.256 e. The third-order valence-corrected chi connectivity index (χ3v) is 4.60. The minimum atomic E-state index is -0.289. The highest BCUT2D eigenvalue weighted by atomic mass is 32.2. The molecule has 1 aromatic heterocycles. The lowest BCUT2D eigenvalue weighted by Gasteiger charge is -2.18. The quantitative estimate of drug-likeness (QED) is 0.808. The van der Waals surface area contributed by atoms with Gasteiger partial charge in [0.05, 0.1) is 11.4 Å². The molecular formula is C16H17FN2O2S. The first kappa shape index (κ1) is 15.1. The van der Waals surface area contributed by atoms with Crippen LogP contribution in [0.5, 0.6) is 0 Å². The Morgan fingerprint density at radius 2 is 2.00 bits per heavy atom. The van der Waals surface area contributed by atoms with E-state index in [2.05, 4.69) is 4.98 Å². The molecule has 0 aliphatic carbocycles. The predicted octanol–water partition coefficient (Wildman–Crippen LogP) is 3.58. The van der Waals surface area contributed by atoms with Crippen LogP contribution in [0.15, 0.2) is 40.1 Å². The lowest BCUT2D eigenvalue weighted by Crippen LogP contribution is -2.34. The van der Waals surface area contributed by atoms with Crippen molar-refractivity contribution in [1.82, 2.24) is 9.88 Å². The summed E-state index contributed by atoms with van der Waals surface area (Å²) in [6.45, 7) is 3.55. The van der Waals surface area contributed by atoms with Gasteiger partial charge in [-0.25, -0.2) is 9.37 Å². The zero-order chi connectivity index (χ0) is 15.5. The van der Waals surface area contributed by atoms with E-state index in [4.69, 9.17) is 4.42 Å². The maximum absolute atomic E-state index is 12.9. The molecule has 1 saturated heterocycles. The third-order valence-electron chi connectivity index (χ3n) is 3.66. The number of carbonyl (C=O) groups excluding carboxylic acids is 1. The Balaban J connectivity index is 1.66. The maximum atomic E-state index is 12.9. The van der Waals surface area contributed by atoms with Crippen LogP contribution in [-0.2, 0) is 4.79 Å². The Bertz CT molecular complexity index is 650. The highest BCUT2D eigenvalue weighted by Crippen LogP contribution is 2.29. The van der Waals surface area contributed by atoms with Crippen molar-refractivity contribution in [2.45, 2.75) is 30.2 Å². The molecule has 0 radical (unpaired) electrons. The van der Waals surface area contributed by atoms with E-state index < -0.39 is 0 Å². The Morgan fingerprint density at radius 1 is 1.32 bits per heavy atom. The van der Waals surface area contributed by atoms with E-state index in [9.17, 15) is 9.18 Å². The van der Waals surface area contributed by atoms with Gasteiger partial charge in [-0.15, -0.1) is 0 Å². The van der Waals surface area contributed by atoms with E-state index in [0.717, 1.165) is 31.5 Å². The fourth-order valence-corrected chi connectivity index (χ4v) is 3.26. The molecule has 1 amide bonds. The Hall–Kier alpha value is -1.82. The molecule has 3 rings (SSSR count). The molecule has 6 heteroatoms. The van der Waals surface area contributed by atoms with E-state index in [1.165, 1.54) is 23.9 Å². The highest BCUT2D eigenvalue weighted by Gasteiger charge is 2.25. The van der Waals surface area contributed by atoms with Crippen LogP contribution in [0.25, 0.3) is 11.3 Å². The number of halogens is 1. The summed E-state index contributed by atoms with van der Waals surface area (Å²) in [7, 11) is 0. The molecule has 0 saturated carbocycles. The zero-order valence-corrected chi connectivity index (χ0v) is 13.1. The topological polar surface area (TPSA) is 46.3 Å². The van der Waals surface area contributed by atoms with Crippen LogP contribution in [0.4, 0.5) is 4.39 Å². The van der Waals surface area contributed by atoms with Gasteiger partial charge in [-0.3, -0.25) is 4.79 Å². The summed E-state index contributed by atoms with van der Waals surface area (Å²) in [6.07, 6.45) is 3.76. The number of rotatable bonds is 4. The Labute approximate surface area is 132 Å². The van der Waals surface area contributed by atoms with Gasteiger partial charge in [-0.2, -0.15) is 0 Å². The molecule has 4 nitrogen and oxygen atoms in total. The van der Waals surface area contributed by atoms with Gasteiger partial charge in [0.2, 0.25) is 5.91 Å². The van der Waals surface area contributed by atoms with E-state index in [1.54, 1.807) is 18.3 Å². The molecule has 0 spiro atoms. The molecule has 0 bridgehead atoms. The second-order valence-corrected chi connectivity index (χ2v) is 6.58. The van der Waals surface area contributed by atoms with Crippen LogP contribution in [0, 0.1) is 5.82 Å². The van der Waals surface area contributed by atoms with Gasteiger partial charge < -0.3 is 9.32 Å². The third kappa shape index (κ3) is 3.32. The summed E-state index contributed by atoms with van der Waals surface area (Å²) in [5, 5.41) is 0.234. The van der Waals surface area contributed by atoms with Crippen LogP contribution < -0.4 is 0 Å². The SMILES string of the molecule is CC(Sc1ncc(-c2ccc(F)cc2)o1)C(=O)N1CCCC1. The number of benzene rings is 1. The predicted molar refractivity (Wildman–Crippen MR) is 83.0 cm³/mol. The second kappa shape index (κ2) is 6.52.